The molecule has 9 nitrogen and oxygen atoms in total. The normalized spacial score (nSPS) is 10.7. The molecule has 0 fully saturated rings. The van der Waals surface area contributed by atoms with Gasteiger partial charge in [-0.3, -0.25) is 4.79 Å². The van der Waals surface area contributed by atoms with Gasteiger partial charge in [0.2, 0.25) is 0 Å². The molecule has 0 aliphatic heterocycles. The predicted molar refractivity (Wildman–Crippen MR) is 106 cm³/mol. The summed E-state index contributed by atoms with van der Waals surface area (Å²) in [5.74, 6) is 1.09. The lowest BCUT2D eigenvalue weighted by Crippen LogP contribution is -2.12. The molecule has 4 aromatic rings. The minimum Gasteiger partial charge on any atom is -0.486 e. The van der Waals surface area contributed by atoms with Crippen molar-refractivity contribution in [2.24, 2.45) is 0 Å². The number of anilines is 1. The van der Waals surface area contributed by atoms with Gasteiger partial charge in [0.05, 0.1) is 5.69 Å². The van der Waals surface area contributed by atoms with Gasteiger partial charge in [-0.1, -0.05) is 0 Å². The molecule has 0 bridgehead atoms. The Morgan fingerprint density at radius 1 is 1.10 bits per heavy atom. The maximum absolute atomic E-state index is 12.5. The first-order valence-corrected chi connectivity index (χ1v) is 9.12. The van der Waals surface area contributed by atoms with Crippen molar-refractivity contribution in [2.75, 3.05) is 5.32 Å². The lowest BCUT2D eigenvalue weighted by atomic mass is 10.2. The van der Waals surface area contributed by atoms with Crippen LogP contribution in [0, 0.1) is 0 Å². The van der Waals surface area contributed by atoms with E-state index in [9.17, 15) is 4.79 Å². The molecule has 0 aliphatic rings. The van der Waals surface area contributed by atoms with E-state index in [1.807, 2.05) is 43.5 Å². The van der Waals surface area contributed by atoms with E-state index in [4.69, 9.17) is 4.74 Å². The van der Waals surface area contributed by atoms with Crippen LogP contribution in [0.5, 0.6) is 5.75 Å². The van der Waals surface area contributed by atoms with E-state index in [0.717, 1.165) is 5.69 Å². The molecule has 0 saturated heterocycles. The summed E-state index contributed by atoms with van der Waals surface area (Å²) in [6.45, 7) is 2.89. The van der Waals surface area contributed by atoms with Gasteiger partial charge in [0.25, 0.3) is 5.91 Å². The van der Waals surface area contributed by atoms with Crippen LogP contribution in [0.1, 0.15) is 23.1 Å². The van der Waals surface area contributed by atoms with E-state index in [1.54, 1.807) is 39.8 Å². The van der Waals surface area contributed by atoms with Gasteiger partial charge in [-0.15, -0.1) is 5.10 Å². The number of tetrazole rings is 1. The van der Waals surface area contributed by atoms with Gasteiger partial charge in [0.1, 0.15) is 12.4 Å². The molecule has 0 radical (unpaired) electrons. The molecule has 2 aromatic carbocycles. The third kappa shape index (κ3) is 4.29. The fraction of sp³-hybridized carbons (Fsp3) is 0.150. The lowest BCUT2D eigenvalue weighted by molar-refractivity contribution is 0.102. The maximum Gasteiger partial charge on any atom is 0.255 e. The van der Waals surface area contributed by atoms with E-state index in [0.29, 0.717) is 29.4 Å². The lowest BCUT2D eigenvalue weighted by Gasteiger charge is -2.08. The van der Waals surface area contributed by atoms with Crippen molar-refractivity contribution >= 4 is 11.6 Å². The number of aryl methyl sites for hydroxylation is 1. The summed E-state index contributed by atoms with van der Waals surface area (Å²) in [4.78, 5) is 12.5. The molecule has 4 rings (SSSR count). The Bertz CT molecular complexity index is 1070. The number of rotatable bonds is 7. The van der Waals surface area contributed by atoms with Crippen LogP contribution in [-0.2, 0) is 13.2 Å². The van der Waals surface area contributed by atoms with Crippen LogP contribution in [0.2, 0.25) is 0 Å². The molecule has 1 amide bonds. The largest absolute Gasteiger partial charge is 0.486 e. The number of carbonyl (C=O) groups excluding carboxylic acids is 1. The van der Waals surface area contributed by atoms with Crippen molar-refractivity contribution in [3.63, 3.8) is 0 Å². The molecular weight excluding hydrogens is 370 g/mol. The quantitative estimate of drug-likeness (QED) is 0.522. The molecule has 29 heavy (non-hydrogen) atoms. The third-order valence-corrected chi connectivity index (χ3v) is 4.28. The minimum atomic E-state index is -0.196. The fourth-order valence-corrected chi connectivity index (χ4v) is 2.75. The van der Waals surface area contributed by atoms with Crippen molar-refractivity contribution in [3.8, 4) is 11.4 Å². The third-order valence-electron chi connectivity index (χ3n) is 4.28. The molecule has 146 valence electrons. The van der Waals surface area contributed by atoms with Crippen molar-refractivity contribution in [3.05, 3.63) is 78.4 Å². The van der Waals surface area contributed by atoms with Crippen LogP contribution in [0.3, 0.4) is 0 Å². The highest BCUT2D eigenvalue weighted by molar-refractivity contribution is 6.04. The highest BCUT2D eigenvalue weighted by Crippen LogP contribution is 2.17. The molecule has 0 saturated carbocycles. The van der Waals surface area contributed by atoms with Crippen molar-refractivity contribution in [1.82, 2.24) is 30.0 Å². The zero-order valence-electron chi connectivity index (χ0n) is 15.8. The molecule has 9 heteroatoms. The summed E-state index contributed by atoms with van der Waals surface area (Å²) in [5, 5.41) is 18.5. The van der Waals surface area contributed by atoms with Gasteiger partial charge >= 0.3 is 0 Å². The number of hydrogen-bond acceptors (Lipinski definition) is 6. The standard InChI is InChI=1S/C20H19N7O2/c1-2-26-19(23-24-25-26)14-29-18-10-4-15(5-11-18)20(28)22-16-6-8-17(9-7-16)27-13-3-12-21-27/h3-13H,2,14H2,1H3,(H,22,28). The van der Waals surface area contributed by atoms with E-state index < -0.39 is 0 Å². The summed E-state index contributed by atoms with van der Waals surface area (Å²) in [6.07, 6.45) is 3.58. The number of amides is 1. The average molecular weight is 389 g/mol. The molecule has 2 aromatic heterocycles. The van der Waals surface area contributed by atoms with Crippen molar-refractivity contribution in [2.45, 2.75) is 20.1 Å². The Labute approximate surface area is 166 Å². The number of hydrogen-bond donors (Lipinski definition) is 1. The number of benzene rings is 2. The topological polar surface area (TPSA) is 99.8 Å². The van der Waals surface area contributed by atoms with E-state index in [-0.39, 0.29) is 12.5 Å². The van der Waals surface area contributed by atoms with Gasteiger partial charge in [-0.05, 0) is 71.9 Å². The summed E-state index contributed by atoms with van der Waals surface area (Å²) in [6, 6.07) is 16.2. The summed E-state index contributed by atoms with van der Waals surface area (Å²) in [5.41, 5.74) is 2.16. The van der Waals surface area contributed by atoms with Gasteiger partial charge in [-0.25, -0.2) is 9.36 Å². The highest BCUT2D eigenvalue weighted by atomic mass is 16.5. The van der Waals surface area contributed by atoms with E-state index in [2.05, 4.69) is 25.9 Å². The van der Waals surface area contributed by atoms with E-state index in [1.165, 1.54) is 0 Å². The second kappa shape index (κ2) is 8.34. The van der Waals surface area contributed by atoms with Crippen LogP contribution in [0.4, 0.5) is 5.69 Å². The SMILES string of the molecule is CCn1nnnc1COc1ccc(C(=O)Nc2ccc(-n3cccn3)cc2)cc1. The van der Waals surface area contributed by atoms with Crippen molar-refractivity contribution in [1.29, 1.82) is 0 Å². The first-order valence-electron chi connectivity index (χ1n) is 9.12. The van der Waals surface area contributed by atoms with Gasteiger partial charge in [0.15, 0.2) is 5.82 Å². The first-order chi connectivity index (χ1) is 14.2. The number of carbonyl (C=O) groups is 1. The molecule has 0 aliphatic carbocycles. The van der Waals surface area contributed by atoms with Crippen LogP contribution in [-0.4, -0.2) is 35.9 Å². The van der Waals surface area contributed by atoms with Gasteiger partial charge in [0, 0.05) is 30.2 Å². The smallest absolute Gasteiger partial charge is 0.255 e. The Morgan fingerprint density at radius 3 is 2.59 bits per heavy atom. The Morgan fingerprint density at radius 2 is 1.90 bits per heavy atom. The Hall–Kier alpha value is -4.01. The number of nitrogens with one attached hydrogen (secondary N) is 1. The van der Waals surface area contributed by atoms with Crippen LogP contribution >= 0.6 is 0 Å². The van der Waals surface area contributed by atoms with E-state index >= 15 is 0 Å². The number of nitrogens with zero attached hydrogens (tertiary/aromatic N) is 6. The van der Waals surface area contributed by atoms with Crippen molar-refractivity contribution < 1.29 is 9.53 Å². The number of aromatic nitrogens is 6. The Kier molecular flexibility index (Phi) is 5.28. The zero-order valence-corrected chi connectivity index (χ0v) is 15.8. The first kappa shape index (κ1) is 18.4. The highest BCUT2D eigenvalue weighted by Gasteiger charge is 2.08. The Balaban J connectivity index is 1.35. The van der Waals surface area contributed by atoms with Crippen LogP contribution in [0.15, 0.2) is 67.0 Å². The van der Waals surface area contributed by atoms with Gasteiger partial charge in [-0.2, -0.15) is 5.10 Å². The molecule has 0 atom stereocenters. The minimum absolute atomic E-state index is 0.196. The summed E-state index contributed by atoms with van der Waals surface area (Å²) < 4.78 is 9.11. The number of ether oxygens (including phenoxy) is 1. The maximum atomic E-state index is 12.5. The van der Waals surface area contributed by atoms with Crippen LogP contribution in [0.25, 0.3) is 5.69 Å². The second-order valence-corrected chi connectivity index (χ2v) is 6.18. The monoisotopic (exact) mass is 389 g/mol. The average Bonchev–Trinajstić information content (AvgIpc) is 3.45. The summed E-state index contributed by atoms with van der Waals surface area (Å²) in [7, 11) is 0. The van der Waals surface area contributed by atoms with Gasteiger partial charge < -0.3 is 10.1 Å². The molecular formula is C20H19N7O2. The van der Waals surface area contributed by atoms with Crippen LogP contribution < -0.4 is 10.1 Å². The zero-order chi connectivity index (χ0) is 20.1. The molecule has 0 unspecified atom stereocenters. The predicted octanol–water partition coefficient (Wildman–Crippen LogP) is 2.71. The molecule has 1 N–H and O–H groups in total. The summed E-state index contributed by atoms with van der Waals surface area (Å²) >= 11 is 0. The fourth-order valence-electron chi connectivity index (χ4n) is 2.75. The molecule has 2 heterocycles. The second-order valence-electron chi connectivity index (χ2n) is 6.18. The molecule has 0 spiro atoms.